The molecule has 1 fully saturated rings. The molecule has 2 atom stereocenters. The molecule has 0 aromatic rings. The molecule has 1 saturated heterocycles. The van der Waals surface area contributed by atoms with Gasteiger partial charge < -0.3 is 10.2 Å². The summed E-state index contributed by atoms with van der Waals surface area (Å²) in [6.07, 6.45) is 11.0. The van der Waals surface area contributed by atoms with Crippen LogP contribution in [0.2, 0.25) is 0 Å². The van der Waals surface area contributed by atoms with Gasteiger partial charge in [0.05, 0.1) is 0 Å². The minimum absolute atomic E-state index is 0.789. The van der Waals surface area contributed by atoms with Gasteiger partial charge in [-0.05, 0) is 51.7 Å². The summed E-state index contributed by atoms with van der Waals surface area (Å²) in [7, 11) is 2.30. The predicted octanol–water partition coefficient (Wildman–Crippen LogP) is 3.67. The Morgan fingerprint density at radius 1 is 1.28 bits per heavy atom. The van der Waals surface area contributed by atoms with E-state index in [1.165, 1.54) is 71.0 Å². The van der Waals surface area contributed by atoms with Crippen LogP contribution in [0.4, 0.5) is 0 Å². The van der Waals surface area contributed by atoms with E-state index in [1.807, 2.05) is 0 Å². The fourth-order valence-electron chi connectivity index (χ4n) is 3.00. The summed E-state index contributed by atoms with van der Waals surface area (Å²) < 4.78 is 0. The van der Waals surface area contributed by atoms with Gasteiger partial charge in [0.15, 0.2) is 0 Å². The van der Waals surface area contributed by atoms with Crippen molar-refractivity contribution in [1.29, 1.82) is 0 Å². The van der Waals surface area contributed by atoms with Gasteiger partial charge >= 0.3 is 0 Å². The molecule has 0 aliphatic carbocycles. The van der Waals surface area contributed by atoms with Crippen molar-refractivity contribution in [2.75, 3.05) is 26.7 Å². The van der Waals surface area contributed by atoms with E-state index in [-0.39, 0.29) is 0 Å². The van der Waals surface area contributed by atoms with Gasteiger partial charge in [0.2, 0.25) is 0 Å². The molecule has 1 aliphatic heterocycles. The van der Waals surface area contributed by atoms with Crippen molar-refractivity contribution >= 4 is 0 Å². The number of piperidine rings is 1. The van der Waals surface area contributed by atoms with Gasteiger partial charge in [0.25, 0.3) is 0 Å². The highest BCUT2D eigenvalue weighted by molar-refractivity contribution is 4.73. The molecule has 0 bridgehead atoms. The highest BCUT2D eigenvalue weighted by atomic mass is 15.1. The summed E-state index contributed by atoms with van der Waals surface area (Å²) in [4.78, 5) is 2.56. The lowest BCUT2D eigenvalue weighted by Crippen LogP contribution is -2.37. The molecule has 0 amide bonds. The largest absolute Gasteiger partial charge is 0.314 e. The molecular formula is C16H34N2. The third-order valence-corrected chi connectivity index (χ3v) is 4.38. The van der Waals surface area contributed by atoms with Crippen LogP contribution in [0.25, 0.3) is 0 Å². The van der Waals surface area contributed by atoms with Crippen LogP contribution >= 0.6 is 0 Å². The van der Waals surface area contributed by atoms with Crippen LogP contribution in [0, 0.1) is 5.92 Å². The average Bonchev–Trinajstić information content (AvgIpc) is 2.42. The molecule has 0 aromatic heterocycles. The van der Waals surface area contributed by atoms with Gasteiger partial charge in [-0.3, -0.25) is 0 Å². The molecule has 2 nitrogen and oxygen atoms in total. The lowest BCUT2D eigenvalue weighted by molar-refractivity contribution is 0.239. The van der Waals surface area contributed by atoms with E-state index in [1.54, 1.807) is 0 Å². The van der Waals surface area contributed by atoms with Crippen molar-refractivity contribution in [2.24, 2.45) is 5.92 Å². The van der Waals surface area contributed by atoms with Gasteiger partial charge in [0, 0.05) is 12.6 Å². The van der Waals surface area contributed by atoms with Crippen molar-refractivity contribution in [2.45, 2.75) is 71.3 Å². The third-order valence-electron chi connectivity index (χ3n) is 4.38. The maximum atomic E-state index is 3.65. The Morgan fingerprint density at radius 2 is 2.11 bits per heavy atom. The van der Waals surface area contributed by atoms with Crippen LogP contribution in [0.5, 0.6) is 0 Å². The number of unbranched alkanes of at least 4 members (excludes halogenated alkanes) is 1. The molecule has 108 valence electrons. The quantitative estimate of drug-likeness (QED) is 0.675. The minimum atomic E-state index is 0.789. The molecule has 0 spiro atoms. The Bertz CT molecular complexity index is 188. The van der Waals surface area contributed by atoms with Crippen LogP contribution in [-0.4, -0.2) is 37.6 Å². The Hall–Kier alpha value is -0.0800. The highest BCUT2D eigenvalue weighted by Gasteiger charge is 2.14. The molecule has 2 heteroatoms. The van der Waals surface area contributed by atoms with Gasteiger partial charge in [-0.15, -0.1) is 0 Å². The zero-order valence-electron chi connectivity index (χ0n) is 12.9. The van der Waals surface area contributed by atoms with E-state index in [0.717, 1.165) is 12.0 Å². The SMILES string of the molecule is CCCCC(CC)CN(C)CCC1CCCCN1. The van der Waals surface area contributed by atoms with E-state index < -0.39 is 0 Å². The second-order valence-electron chi connectivity index (χ2n) is 6.11. The van der Waals surface area contributed by atoms with Crippen molar-refractivity contribution in [3.63, 3.8) is 0 Å². The molecule has 2 unspecified atom stereocenters. The van der Waals surface area contributed by atoms with E-state index >= 15 is 0 Å². The third kappa shape index (κ3) is 6.75. The molecule has 1 aliphatic rings. The first kappa shape index (κ1) is 16.0. The molecule has 0 aromatic carbocycles. The topological polar surface area (TPSA) is 15.3 Å². The van der Waals surface area contributed by atoms with E-state index in [2.05, 4.69) is 31.1 Å². The van der Waals surface area contributed by atoms with Gasteiger partial charge in [-0.1, -0.05) is 39.5 Å². The van der Waals surface area contributed by atoms with Crippen molar-refractivity contribution < 1.29 is 0 Å². The number of hydrogen-bond donors (Lipinski definition) is 1. The van der Waals surface area contributed by atoms with Crippen LogP contribution in [-0.2, 0) is 0 Å². The Labute approximate surface area is 115 Å². The van der Waals surface area contributed by atoms with E-state index in [4.69, 9.17) is 0 Å². The summed E-state index contributed by atoms with van der Waals surface area (Å²) in [5.74, 6) is 0.911. The number of nitrogens with zero attached hydrogens (tertiary/aromatic N) is 1. The highest BCUT2D eigenvalue weighted by Crippen LogP contribution is 2.15. The Morgan fingerprint density at radius 3 is 2.72 bits per heavy atom. The first-order valence-electron chi connectivity index (χ1n) is 8.18. The monoisotopic (exact) mass is 254 g/mol. The standard InChI is InChI=1S/C16H34N2/c1-4-6-9-15(5-2)14-18(3)13-11-16-10-7-8-12-17-16/h15-17H,4-14H2,1-3H3. The average molecular weight is 254 g/mol. The molecule has 1 rings (SSSR count). The maximum Gasteiger partial charge on any atom is 0.00792 e. The smallest absolute Gasteiger partial charge is 0.00792 e. The summed E-state index contributed by atoms with van der Waals surface area (Å²) in [5.41, 5.74) is 0. The van der Waals surface area contributed by atoms with Crippen molar-refractivity contribution in [1.82, 2.24) is 10.2 Å². The van der Waals surface area contributed by atoms with Gasteiger partial charge in [0.1, 0.15) is 0 Å². The van der Waals surface area contributed by atoms with Crippen molar-refractivity contribution in [3.8, 4) is 0 Å². The normalized spacial score (nSPS) is 22.3. The van der Waals surface area contributed by atoms with Gasteiger partial charge in [-0.25, -0.2) is 0 Å². The van der Waals surface area contributed by atoms with Crippen LogP contribution in [0.15, 0.2) is 0 Å². The fourth-order valence-corrected chi connectivity index (χ4v) is 3.00. The number of rotatable bonds is 9. The summed E-state index contributed by atoms with van der Waals surface area (Å²) >= 11 is 0. The zero-order chi connectivity index (χ0) is 13.2. The fraction of sp³-hybridized carbons (Fsp3) is 1.00. The lowest BCUT2D eigenvalue weighted by atomic mass is 9.98. The van der Waals surface area contributed by atoms with E-state index in [9.17, 15) is 0 Å². The first-order chi connectivity index (χ1) is 8.76. The second kappa shape index (κ2) is 9.80. The molecular weight excluding hydrogens is 220 g/mol. The molecule has 0 saturated carbocycles. The predicted molar refractivity (Wildman–Crippen MR) is 81.1 cm³/mol. The maximum absolute atomic E-state index is 3.65. The van der Waals surface area contributed by atoms with Crippen LogP contribution < -0.4 is 5.32 Å². The molecule has 0 radical (unpaired) electrons. The van der Waals surface area contributed by atoms with Crippen molar-refractivity contribution in [3.05, 3.63) is 0 Å². The molecule has 18 heavy (non-hydrogen) atoms. The zero-order valence-corrected chi connectivity index (χ0v) is 12.9. The summed E-state index contributed by atoms with van der Waals surface area (Å²) in [6, 6.07) is 0.789. The van der Waals surface area contributed by atoms with E-state index in [0.29, 0.717) is 0 Å². The minimum Gasteiger partial charge on any atom is -0.314 e. The van der Waals surface area contributed by atoms with Crippen LogP contribution in [0.1, 0.15) is 65.2 Å². The Balaban J connectivity index is 2.12. The molecule has 1 N–H and O–H groups in total. The van der Waals surface area contributed by atoms with Crippen LogP contribution in [0.3, 0.4) is 0 Å². The Kier molecular flexibility index (Phi) is 8.70. The first-order valence-corrected chi connectivity index (χ1v) is 8.18. The van der Waals surface area contributed by atoms with Gasteiger partial charge in [-0.2, -0.15) is 0 Å². The lowest BCUT2D eigenvalue weighted by Gasteiger charge is -2.27. The second-order valence-corrected chi connectivity index (χ2v) is 6.11. The summed E-state index contributed by atoms with van der Waals surface area (Å²) in [6.45, 7) is 8.44. The number of nitrogens with one attached hydrogen (secondary N) is 1. The number of hydrogen-bond acceptors (Lipinski definition) is 2. The molecule has 1 heterocycles. The summed E-state index contributed by atoms with van der Waals surface area (Å²) in [5, 5.41) is 3.65.